The van der Waals surface area contributed by atoms with Crippen LogP contribution in [0.3, 0.4) is 0 Å². The van der Waals surface area contributed by atoms with E-state index in [9.17, 15) is 22.4 Å². The van der Waals surface area contributed by atoms with E-state index in [1.54, 1.807) is 0 Å². The van der Waals surface area contributed by atoms with E-state index in [1.807, 2.05) is 6.07 Å². The lowest BCUT2D eigenvalue weighted by molar-refractivity contribution is -0.118. The molecule has 0 fully saturated rings. The minimum absolute atomic E-state index is 0.00537. The van der Waals surface area contributed by atoms with Crippen LogP contribution in [0.1, 0.15) is 21.5 Å². The van der Waals surface area contributed by atoms with Crippen molar-refractivity contribution >= 4 is 21.7 Å². The summed E-state index contributed by atoms with van der Waals surface area (Å²) in [6.07, 6.45) is 0. The van der Waals surface area contributed by atoms with Gasteiger partial charge >= 0.3 is 0 Å². The maximum absolute atomic E-state index is 13.5. The maximum atomic E-state index is 13.5. The van der Waals surface area contributed by atoms with E-state index in [0.29, 0.717) is 11.1 Å². The van der Waals surface area contributed by atoms with Crippen molar-refractivity contribution in [2.45, 2.75) is 5.75 Å². The molecule has 9 heteroatoms. The fourth-order valence-electron chi connectivity index (χ4n) is 2.35. The Kier molecular flexibility index (Phi) is 7.23. The van der Waals surface area contributed by atoms with E-state index >= 15 is 0 Å². The Balaban J connectivity index is 1.76. The zero-order valence-corrected chi connectivity index (χ0v) is 15.6. The zero-order valence-electron chi connectivity index (χ0n) is 14.8. The number of sulfone groups is 1. The highest BCUT2D eigenvalue weighted by Crippen LogP contribution is 2.08. The van der Waals surface area contributed by atoms with Gasteiger partial charge in [-0.3, -0.25) is 9.59 Å². The van der Waals surface area contributed by atoms with Crippen LogP contribution in [0.5, 0.6) is 0 Å². The Morgan fingerprint density at radius 2 is 1.64 bits per heavy atom. The number of halogens is 1. The van der Waals surface area contributed by atoms with Gasteiger partial charge in [-0.05, 0) is 29.8 Å². The summed E-state index contributed by atoms with van der Waals surface area (Å²) in [5.41, 5.74) is 0.777. The van der Waals surface area contributed by atoms with E-state index in [-0.39, 0.29) is 24.4 Å². The Bertz CT molecular complexity index is 999. The number of carbonyl (C=O) groups is 2. The van der Waals surface area contributed by atoms with Crippen molar-refractivity contribution in [2.24, 2.45) is 0 Å². The molecule has 2 aromatic rings. The SMILES string of the molecule is N#Cc1ccc(CS(=O)(=O)CC(=O)NCCNC(=O)c2ccccc2F)cc1. The number of hydrogen-bond donors (Lipinski definition) is 2. The van der Waals surface area contributed by atoms with Crippen molar-refractivity contribution < 1.29 is 22.4 Å². The summed E-state index contributed by atoms with van der Waals surface area (Å²) in [4.78, 5) is 23.6. The molecule has 0 radical (unpaired) electrons. The molecular formula is C19H18FN3O4S. The molecule has 0 aliphatic heterocycles. The van der Waals surface area contributed by atoms with Crippen LogP contribution in [0.4, 0.5) is 4.39 Å². The largest absolute Gasteiger partial charge is 0.353 e. The maximum Gasteiger partial charge on any atom is 0.254 e. The summed E-state index contributed by atoms with van der Waals surface area (Å²) in [5.74, 6) is -3.00. The third kappa shape index (κ3) is 6.48. The topological polar surface area (TPSA) is 116 Å². The summed E-state index contributed by atoms with van der Waals surface area (Å²) >= 11 is 0. The molecule has 0 aliphatic rings. The number of rotatable bonds is 8. The number of amides is 2. The van der Waals surface area contributed by atoms with E-state index in [2.05, 4.69) is 10.6 Å². The fourth-order valence-corrected chi connectivity index (χ4v) is 3.65. The first-order chi connectivity index (χ1) is 13.3. The Morgan fingerprint density at radius 1 is 1.00 bits per heavy atom. The summed E-state index contributed by atoms with van der Waals surface area (Å²) in [6.45, 7) is 0.0278. The molecule has 0 aromatic heterocycles. The number of benzene rings is 2. The molecule has 0 saturated heterocycles. The first-order valence-electron chi connectivity index (χ1n) is 8.29. The van der Waals surface area contributed by atoms with Gasteiger partial charge in [-0.15, -0.1) is 0 Å². The monoisotopic (exact) mass is 403 g/mol. The van der Waals surface area contributed by atoms with Crippen molar-refractivity contribution in [3.63, 3.8) is 0 Å². The molecule has 0 unspecified atom stereocenters. The highest BCUT2D eigenvalue weighted by Gasteiger charge is 2.17. The van der Waals surface area contributed by atoms with Gasteiger partial charge in [0.25, 0.3) is 5.91 Å². The number of nitriles is 1. The second-order valence-electron chi connectivity index (χ2n) is 5.93. The van der Waals surface area contributed by atoms with Crippen LogP contribution in [0.2, 0.25) is 0 Å². The first kappa shape index (κ1) is 21.1. The van der Waals surface area contributed by atoms with Crippen LogP contribution in [0.15, 0.2) is 48.5 Å². The van der Waals surface area contributed by atoms with E-state index in [0.717, 1.165) is 6.07 Å². The van der Waals surface area contributed by atoms with Crippen LogP contribution >= 0.6 is 0 Å². The third-order valence-electron chi connectivity index (χ3n) is 3.67. The van der Waals surface area contributed by atoms with Crippen LogP contribution in [-0.2, 0) is 20.4 Å². The molecule has 2 N–H and O–H groups in total. The van der Waals surface area contributed by atoms with Gasteiger partial charge < -0.3 is 10.6 Å². The van der Waals surface area contributed by atoms with E-state index in [1.165, 1.54) is 42.5 Å². The molecular weight excluding hydrogens is 385 g/mol. The highest BCUT2D eigenvalue weighted by atomic mass is 32.2. The minimum Gasteiger partial charge on any atom is -0.353 e. The van der Waals surface area contributed by atoms with Crippen molar-refractivity contribution in [1.29, 1.82) is 5.26 Å². The molecule has 0 bridgehead atoms. The zero-order chi connectivity index (χ0) is 20.6. The van der Waals surface area contributed by atoms with Gasteiger partial charge in [-0.1, -0.05) is 24.3 Å². The van der Waals surface area contributed by atoms with E-state index < -0.39 is 33.2 Å². The predicted octanol–water partition coefficient (Wildman–Crippen LogP) is 1.16. The highest BCUT2D eigenvalue weighted by molar-refractivity contribution is 7.91. The Hall–Kier alpha value is -3.25. The summed E-state index contributed by atoms with van der Waals surface area (Å²) in [5, 5.41) is 13.6. The van der Waals surface area contributed by atoms with Crippen molar-refractivity contribution in [3.05, 3.63) is 71.0 Å². The average molecular weight is 403 g/mol. The lowest BCUT2D eigenvalue weighted by atomic mass is 10.2. The molecule has 146 valence electrons. The molecule has 0 atom stereocenters. The molecule has 2 amide bonds. The summed E-state index contributed by atoms with van der Waals surface area (Å²) < 4.78 is 37.7. The second kappa shape index (κ2) is 9.62. The Labute approximate surface area is 162 Å². The smallest absolute Gasteiger partial charge is 0.254 e. The fraction of sp³-hybridized carbons (Fsp3) is 0.211. The molecule has 0 aliphatic carbocycles. The van der Waals surface area contributed by atoms with Gasteiger partial charge in [0.1, 0.15) is 11.6 Å². The van der Waals surface area contributed by atoms with Gasteiger partial charge in [0.05, 0.1) is 22.9 Å². The van der Waals surface area contributed by atoms with Crippen LogP contribution in [0, 0.1) is 17.1 Å². The molecule has 0 saturated carbocycles. The number of nitrogens with one attached hydrogen (secondary N) is 2. The summed E-state index contributed by atoms with van der Waals surface area (Å²) in [6, 6.07) is 13.5. The first-order valence-corrected chi connectivity index (χ1v) is 10.1. The molecule has 2 aromatic carbocycles. The lowest BCUT2D eigenvalue weighted by Crippen LogP contribution is -2.37. The average Bonchev–Trinajstić information content (AvgIpc) is 2.65. The predicted molar refractivity (Wildman–Crippen MR) is 100 cm³/mol. The quantitative estimate of drug-likeness (QED) is 0.642. The second-order valence-corrected chi connectivity index (χ2v) is 7.99. The van der Waals surface area contributed by atoms with Gasteiger partial charge in [0.15, 0.2) is 9.84 Å². The normalized spacial score (nSPS) is 10.7. The van der Waals surface area contributed by atoms with Crippen molar-refractivity contribution in [2.75, 3.05) is 18.8 Å². The van der Waals surface area contributed by atoms with Crippen molar-refractivity contribution in [3.8, 4) is 6.07 Å². The van der Waals surface area contributed by atoms with Crippen LogP contribution in [0.25, 0.3) is 0 Å². The molecule has 2 rings (SSSR count). The molecule has 0 heterocycles. The van der Waals surface area contributed by atoms with Crippen LogP contribution in [-0.4, -0.2) is 39.1 Å². The van der Waals surface area contributed by atoms with Gasteiger partial charge in [0.2, 0.25) is 5.91 Å². The Morgan fingerprint density at radius 3 is 2.29 bits per heavy atom. The van der Waals surface area contributed by atoms with Gasteiger partial charge in [-0.25, -0.2) is 12.8 Å². The number of carbonyl (C=O) groups excluding carboxylic acids is 2. The lowest BCUT2D eigenvalue weighted by Gasteiger charge is -2.08. The minimum atomic E-state index is -3.69. The number of hydrogen-bond acceptors (Lipinski definition) is 5. The number of nitrogens with zero attached hydrogens (tertiary/aromatic N) is 1. The molecule has 28 heavy (non-hydrogen) atoms. The van der Waals surface area contributed by atoms with Gasteiger partial charge in [0, 0.05) is 13.1 Å². The summed E-state index contributed by atoms with van der Waals surface area (Å²) in [7, 11) is -3.69. The van der Waals surface area contributed by atoms with Crippen LogP contribution < -0.4 is 10.6 Å². The van der Waals surface area contributed by atoms with Gasteiger partial charge in [-0.2, -0.15) is 5.26 Å². The third-order valence-corrected chi connectivity index (χ3v) is 5.15. The van der Waals surface area contributed by atoms with Crippen molar-refractivity contribution in [1.82, 2.24) is 10.6 Å². The molecule has 7 nitrogen and oxygen atoms in total. The standard InChI is InChI=1S/C19H18FN3O4S/c20-17-4-2-1-3-16(17)19(25)23-10-9-22-18(24)13-28(26,27)12-15-7-5-14(11-21)6-8-15/h1-8H,9-10,12-13H2,(H,22,24)(H,23,25). The molecule has 0 spiro atoms. The van der Waals surface area contributed by atoms with E-state index in [4.69, 9.17) is 5.26 Å².